The van der Waals surface area contributed by atoms with E-state index in [1.54, 1.807) is 13.0 Å². The number of nitrogens with two attached hydrogens (primary N) is 1. The summed E-state index contributed by atoms with van der Waals surface area (Å²) < 4.78 is 26.3. The quantitative estimate of drug-likeness (QED) is 0.618. The van der Waals surface area contributed by atoms with E-state index >= 15 is 0 Å². The zero-order chi connectivity index (χ0) is 12.4. The van der Waals surface area contributed by atoms with Crippen LogP contribution < -0.4 is 11.3 Å². The number of nitrogens with zero attached hydrogens (tertiary/aromatic N) is 2. The standard InChI is InChI=1S/C11H10F2N4/c1-6-4-10(16-11(15-6)17-14)8-3-2-7(12)5-9(8)13/h2-5H,14H2,1H3,(H,15,16,17). The Morgan fingerprint density at radius 3 is 2.59 bits per heavy atom. The Morgan fingerprint density at radius 1 is 1.18 bits per heavy atom. The summed E-state index contributed by atoms with van der Waals surface area (Å²) in [5.41, 5.74) is 3.47. The Hall–Kier alpha value is -2.08. The van der Waals surface area contributed by atoms with Crippen molar-refractivity contribution in [2.24, 2.45) is 5.84 Å². The van der Waals surface area contributed by atoms with Crippen molar-refractivity contribution in [2.75, 3.05) is 5.43 Å². The van der Waals surface area contributed by atoms with Crippen LogP contribution in [0.25, 0.3) is 11.3 Å². The predicted octanol–water partition coefficient (Wildman–Crippen LogP) is 2.02. The molecule has 6 heteroatoms. The summed E-state index contributed by atoms with van der Waals surface area (Å²) in [6.07, 6.45) is 0. The van der Waals surface area contributed by atoms with Crippen LogP contribution in [0.15, 0.2) is 24.3 Å². The average molecular weight is 236 g/mol. The number of nitrogens with one attached hydrogen (secondary N) is 1. The molecule has 0 aliphatic carbocycles. The number of anilines is 1. The summed E-state index contributed by atoms with van der Waals surface area (Å²) in [4.78, 5) is 7.98. The lowest BCUT2D eigenvalue weighted by Gasteiger charge is -2.06. The van der Waals surface area contributed by atoms with Gasteiger partial charge in [0.25, 0.3) is 0 Å². The lowest BCUT2D eigenvalue weighted by Crippen LogP contribution is -2.11. The lowest BCUT2D eigenvalue weighted by atomic mass is 10.1. The number of hydrazine groups is 1. The van der Waals surface area contributed by atoms with Gasteiger partial charge in [-0.1, -0.05) is 0 Å². The monoisotopic (exact) mass is 236 g/mol. The van der Waals surface area contributed by atoms with Gasteiger partial charge < -0.3 is 0 Å². The molecule has 1 aromatic heterocycles. The van der Waals surface area contributed by atoms with Crippen LogP contribution in [0.1, 0.15) is 5.69 Å². The first-order valence-electron chi connectivity index (χ1n) is 4.88. The topological polar surface area (TPSA) is 63.8 Å². The van der Waals surface area contributed by atoms with E-state index in [0.29, 0.717) is 11.4 Å². The van der Waals surface area contributed by atoms with Crippen LogP contribution in [0.2, 0.25) is 0 Å². The van der Waals surface area contributed by atoms with E-state index in [-0.39, 0.29) is 11.5 Å². The number of aryl methyl sites for hydroxylation is 1. The molecule has 0 fully saturated rings. The average Bonchev–Trinajstić information content (AvgIpc) is 2.28. The van der Waals surface area contributed by atoms with Gasteiger partial charge in [-0.2, -0.15) is 0 Å². The van der Waals surface area contributed by atoms with E-state index in [1.807, 2.05) is 0 Å². The van der Waals surface area contributed by atoms with Crippen LogP contribution in [0.4, 0.5) is 14.7 Å². The molecule has 0 bridgehead atoms. The molecule has 0 aliphatic rings. The fourth-order valence-corrected chi connectivity index (χ4v) is 1.47. The van der Waals surface area contributed by atoms with Crippen LogP contribution in [0, 0.1) is 18.6 Å². The zero-order valence-electron chi connectivity index (χ0n) is 9.04. The van der Waals surface area contributed by atoms with Crippen molar-refractivity contribution >= 4 is 5.95 Å². The molecule has 1 aromatic carbocycles. The van der Waals surface area contributed by atoms with Crippen molar-refractivity contribution in [2.45, 2.75) is 6.92 Å². The Bertz CT molecular complexity index is 557. The second-order valence-electron chi connectivity index (χ2n) is 3.49. The van der Waals surface area contributed by atoms with Crippen molar-refractivity contribution in [3.8, 4) is 11.3 Å². The summed E-state index contributed by atoms with van der Waals surface area (Å²) in [5, 5.41) is 0. The maximum Gasteiger partial charge on any atom is 0.237 e. The molecule has 4 nitrogen and oxygen atoms in total. The minimum Gasteiger partial charge on any atom is -0.292 e. The predicted molar refractivity (Wildman–Crippen MR) is 59.9 cm³/mol. The third kappa shape index (κ3) is 2.36. The number of rotatable bonds is 2. The lowest BCUT2D eigenvalue weighted by molar-refractivity contribution is 0.585. The van der Waals surface area contributed by atoms with Crippen LogP contribution >= 0.6 is 0 Å². The summed E-state index contributed by atoms with van der Waals surface area (Å²) in [6.45, 7) is 1.73. The maximum absolute atomic E-state index is 13.6. The number of hydrogen-bond donors (Lipinski definition) is 2. The van der Waals surface area contributed by atoms with Crippen LogP contribution in [0.5, 0.6) is 0 Å². The van der Waals surface area contributed by atoms with Crippen LogP contribution in [0.3, 0.4) is 0 Å². The van der Waals surface area contributed by atoms with Gasteiger partial charge in [0.15, 0.2) is 0 Å². The van der Waals surface area contributed by atoms with Gasteiger partial charge in [0, 0.05) is 17.3 Å². The first-order chi connectivity index (χ1) is 8.10. The SMILES string of the molecule is Cc1cc(-c2ccc(F)cc2F)nc(NN)n1. The van der Waals surface area contributed by atoms with Crippen LogP contribution in [-0.2, 0) is 0 Å². The minimum atomic E-state index is -0.675. The summed E-state index contributed by atoms with van der Waals surface area (Å²) in [5.74, 6) is 4.08. The van der Waals surface area contributed by atoms with Crippen molar-refractivity contribution in [3.63, 3.8) is 0 Å². The van der Waals surface area contributed by atoms with E-state index in [1.165, 1.54) is 12.1 Å². The van der Waals surface area contributed by atoms with Gasteiger partial charge in [-0.05, 0) is 25.1 Å². The molecule has 0 saturated heterocycles. The largest absolute Gasteiger partial charge is 0.292 e. The molecule has 0 aliphatic heterocycles. The first-order valence-corrected chi connectivity index (χ1v) is 4.88. The Balaban J connectivity index is 2.55. The number of hydrogen-bond acceptors (Lipinski definition) is 4. The second kappa shape index (κ2) is 4.42. The normalized spacial score (nSPS) is 10.4. The van der Waals surface area contributed by atoms with Gasteiger partial charge in [-0.3, -0.25) is 5.43 Å². The van der Waals surface area contributed by atoms with E-state index in [4.69, 9.17) is 5.84 Å². The summed E-state index contributed by atoms with van der Waals surface area (Å²) >= 11 is 0. The van der Waals surface area contributed by atoms with Crippen molar-refractivity contribution < 1.29 is 8.78 Å². The molecule has 2 aromatic rings. The Morgan fingerprint density at radius 2 is 1.94 bits per heavy atom. The van der Waals surface area contributed by atoms with Crippen molar-refractivity contribution in [1.29, 1.82) is 0 Å². The molecule has 17 heavy (non-hydrogen) atoms. The smallest absolute Gasteiger partial charge is 0.237 e. The highest BCUT2D eigenvalue weighted by Crippen LogP contribution is 2.22. The fraction of sp³-hybridized carbons (Fsp3) is 0.0909. The summed E-state index contributed by atoms with van der Waals surface area (Å²) in [6, 6.07) is 4.90. The number of aromatic nitrogens is 2. The Kier molecular flexibility index (Phi) is 2.97. The molecular weight excluding hydrogens is 226 g/mol. The van der Waals surface area contributed by atoms with E-state index in [0.717, 1.165) is 6.07 Å². The fourth-order valence-electron chi connectivity index (χ4n) is 1.47. The van der Waals surface area contributed by atoms with E-state index in [9.17, 15) is 8.78 Å². The third-order valence-electron chi connectivity index (χ3n) is 2.19. The Labute approximate surface area is 96.5 Å². The highest BCUT2D eigenvalue weighted by Gasteiger charge is 2.09. The van der Waals surface area contributed by atoms with Gasteiger partial charge in [0.2, 0.25) is 5.95 Å². The van der Waals surface area contributed by atoms with Gasteiger partial charge in [-0.25, -0.2) is 24.6 Å². The first kappa shape index (κ1) is 11.4. The molecule has 0 saturated carbocycles. The molecule has 1 heterocycles. The zero-order valence-corrected chi connectivity index (χ0v) is 9.04. The van der Waals surface area contributed by atoms with Crippen LogP contribution in [-0.4, -0.2) is 9.97 Å². The number of halogens is 2. The molecular formula is C11H10F2N4. The van der Waals surface area contributed by atoms with E-state index < -0.39 is 11.6 Å². The van der Waals surface area contributed by atoms with Crippen molar-refractivity contribution in [3.05, 3.63) is 41.6 Å². The number of nitrogen functional groups attached to an aromatic ring is 1. The maximum atomic E-state index is 13.6. The molecule has 88 valence electrons. The van der Waals surface area contributed by atoms with Gasteiger partial charge >= 0.3 is 0 Å². The molecule has 0 spiro atoms. The van der Waals surface area contributed by atoms with Gasteiger partial charge in [-0.15, -0.1) is 0 Å². The third-order valence-corrected chi connectivity index (χ3v) is 2.19. The second-order valence-corrected chi connectivity index (χ2v) is 3.49. The molecule has 0 atom stereocenters. The van der Waals surface area contributed by atoms with Crippen molar-refractivity contribution in [1.82, 2.24) is 9.97 Å². The number of benzene rings is 1. The minimum absolute atomic E-state index is 0.184. The molecule has 0 unspecified atom stereocenters. The highest BCUT2D eigenvalue weighted by molar-refractivity contribution is 5.61. The highest BCUT2D eigenvalue weighted by atomic mass is 19.1. The molecule has 3 N–H and O–H groups in total. The van der Waals surface area contributed by atoms with Gasteiger partial charge in [0.1, 0.15) is 11.6 Å². The molecule has 0 radical (unpaired) electrons. The summed E-state index contributed by atoms with van der Waals surface area (Å²) in [7, 11) is 0. The van der Waals surface area contributed by atoms with Gasteiger partial charge in [0.05, 0.1) is 5.69 Å². The molecule has 2 rings (SSSR count). The van der Waals surface area contributed by atoms with E-state index in [2.05, 4.69) is 15.4 Å². The molecule has 0 amide bonds.